The first-order chi connectivity index (χ1) is 10.5. The molecule has 0 saturated heterocycles. The largest absolute Gasteiger partial charge is 0.457 e. The summed E-state index contributed by atoms with van der Waals surface area (Å²) in [6.45, 7) is -0.0474. The number of hydrogen-bond donors (Lipinski definition) is 0. The summed E-state index contributed by atoms with van der Waals surface area (Å²) in [7, 11) is 0. The lowest BCUT2D eigenvalue weighted by Crippen LogP contribution is -2.06. The van der Waals surface area contributed by atoms with Gasteiger partial charge < -0.3 is 14.2 Å². The van der Waals surface area contributed by atoms with Gasteiger partial charge in [-0.1, -0.05) is 11.6 Å². The van der Waals surface area contributed by atoms with E-state index < -0.39 is 17.6 Å². The maximum absolute atomic E-state index is 13.1. The van der Waals surface area contributed by atoms with Crippen molar-refractivity contribution in [1.82, 2.24) is 0 Å². The molecule has 1 heterocycles. The van der Waals surface area contributed by atoms with Crippen molar-refractivity contribution in [2.75, 3.05) is 6.79 Å². The fraction of sp³-hybridized carbons (Fsp3) is 0.133. The Morgan fingerprint density at radius 1 is 1.14 bits per heavy atom. The second-order valence-electron chi connectivity index (χ2n) is 4.55. The molecule has 2 aromatic carbocycles. The average Bonchev–Trinajstić information content (AvgIpc) is 2.92. The van der Waals surface area contributed by atoms with E-state index in [4.69, 9.17) is 25.8 Å². The maximum Gasteiger partial charge on any atom is 0.338 e. The van der Waals surface area contributed by atoms with Gasteiger partial charge >= 0.3 is 5.97 Å². The predicted molar refractivity (Wildman–Crippen MR) is 73.1 cm³/mol. The lowest BCUT2D eigenvalue weighted by molar-refractivity contribution is 0.0471. The van der Waals surface area contributed by atoms with Crippen LogP contribution in [-0.4, -0.2) is 12.8 Å². The van der Waals surface area contributed by atoms with Crippen LogP contribution in [0.15, 0.2) is 30.3 Å². The number of carbonyl (C=O) groups is 1. The smallest absolute Gasteiger partial charge is 0.338 e. The molecule has 3 rings (SSSR count). The fourth-order valence-electron chi connectivity index (χ4n) is 2.01. The van der Waals surface area contributed by atoms with Crippen molar-refractivity contribution in [2.24, 2.45) is 0 Å². The minimum atomic E-state index is -0.849. The Kier molecular flexibility index (Phi) is 3.85. The number of benzene rings is 2. The van der Waals surface area contributed by atoms with Crippen molar-refractivity contribution in [1.29, 1.82) is 0 Å². The molecule has 0 aromatic heterocycles. The Balaban J connectivity index is 1.72. The summed E-state index contributed by atoms with van der Waals surface area (Å²) in [5.74, 6) is -1.65. The Morgan fingerprint density at radius 3 is 2.59 bits per heavy atom. The molecule has 2 aromatic rings. The molecule has 0 aliphatic carbocycles. The molecule has 114 valence electrons. The lowest BCUT2D eigenvalue weighted by atomic mass is 10.2. The van der Waals surface area contributed by atoms with Gasteiger partial charge in [-0.05, 0) is 29.8 Å². The third kappa shape index (κ3) is 2.96. The number of fused-ring (bicyclic) bond motifs is 1. The molecule has 0 amide bonds. The zero-order valence-corrected chi connectivity index (χ0v) is 11.8. The first kappa shape index (κ1) is 14.6. The molecule has 0 unspecified atom stereocenters. The summed E-state index contributed by atoms with van der Waals surface area (Å²) in [6, 6.07) is 5.66. The van der Waals surface area contributed by atoms with Gasteiger partial charge in [-0.3, -0.25) is 0 Å². The summed E-state index contributed by atoms with van der Waals surface area (Å²) in [6.07, 6.45) is 0. The third-order valence-corrected chi connectivity index (χ3v) is 3.24. The van der Waals surface area contributed by atoms with Crippen LogP contribution in [0.25, 0.3) is 0 Å². The molecule has 1 aliphatic rings. The average molecular weight is 327 g/mol. The van der Waals surface area contributed by atoms with Crippen molar-refractivity contribution in [3.8, 4) is 11.5 Å². The van der Waals surface area contributed by atoms with Crippen LogP contribution in [0.1, 0.15) is 15.9 Å². The molecule has 22 heavy (non-hydrogen) atoms. The van der Waals surface area contributed by atoms with Gasteiger partial charge in [0.2, 0.25) is 6.79 Å². The van der Waals surface area contributed by atoms with E-state index in [-0.39, 0.29) is 19.0 Å². The zero-order valence-electron chi connectivity index (χ0n) is 11.1. The van der Waals surface area contributed by atoms with E-state index in [0.717, 1.165) is 12.1 Å². The molecule has 0 radical (unpaired) electrons. The van der Waals surface area contributed by atoms with Crippen molar-refractivity contribution in [3.05, 3.63) is 58.1 Å². The second-order valence-corrected chi connectivity index (χ2v) is 4.95. The van der Waals surface area contributed by atoms with Gasteiger partial charge in [0.25, 0.3) is 0 Å². The summed E-state index contributed by atoms with van der Waals surface area (Å²) >= 11 is 6.00. The molecule has 0 spiro atoms. The number of rotatable bonds is 3. The van der Waals surface area contributed by atoms with Crippen molar-refractivity contribution in [2.45, 2.75) is 6.61 Å². The molecule has 0 N–H and O–H groups in total. The monoisotopic (exact) mass is 326 g/mol. The van der Waals surface area contributed by atoms with Gasteiger partial charge in [0.05, 0.1) is 10.6 Å². The topological polar surface area (TPSA) is 44.8 Å². The SMILES string of the molecule is O=C(OCc1cc(Cl)c2c(c1)OCO2)c1cc(F)cc(F)c1. The van der Waals surface area contributed by atoms with Crippen LogP contribution >= 0.6 is 11.6 Å². The van der Waals surface area contributed by atoms with E-state index in [1.807, 2.05) is 0 Å². The van der Waals surface area contributed by atoms with Crippen molar-refractivity contribution in [3.63, 3.8) is 0 Å². The molecule has 0 saturated carbocycles. The van der Waals surface area contributed by atoms with Gasteiger partial charge in [-0.2, -0.15) is 0 Å². The molecular formula is C15H9ClF2O4. The van der Waals surface area contributed by atoms with E-state index >= 15 is 0 Å². The van der Waals surface area contributed by atoms with Crippen LogP contribution in [0.4, 0.5) is 8.78 Å². The van der Waals surface area contributed by atoms with Crippen LogP contribution in [0.2, 0.25) is 5.02 Å². The molecule has 0 atom stereocenters. The summed E-state index contributed by atoms with van der Waals surface area (Å²) in [5.41, 5.74) is 0.365. The molecule has 0 bridgehead atoms. The fourth-order valence-corrected chi connectivity index (χ4v) is 2.30. The number of carbonyl (C=O) groups excluding carboxylic acids is 1. The Morgan fingerprint density at radius 2 is 1.86 bits per heavy atom. The number of halogens is 3. The van der Waals surface area contributed by atoms with Gasteiger partial charge in [0.15, 0.2) is 11.5 Å². The molecule has 0 fully saturated rings. The molecule has 7 heteroatoms. The lowest BCUT2D eigenvalue weighted by Gasteiger charge is -2.07. The van der Waals surface area contributed by atoms with E-state index in [2.05, 4.69) is 0 Å². The highest BCUT2D eigenvalue weighted by Gasteiger charge is 2.19. The van der Waals surface area contributed by atoms with Crippen LogP contribution in [0, 0.1) is 11.6 Å². The van der Waals surface area contributed by atoms with Gasteiger partial charge in [-0.25, -0.2) is 13.6 Å². The first-order valence-corrected chi connectivity index (χ1v) is 6.62. The van der Waals surface area contributed by atoms with E-state index in [1.54, 1.807) is 12.1 Å². The Hall–Kier alpha value is -2.34. The van der Waals surface area contributed by atoms with Gasteiger partial charge in [-0.15, -0.1) is 0 Å². The quantitative estimate of drug-likeness (QED) is 0.807. The van der Waals surface area contributed by atoms with Crippen LogP contribution in [-0.2, 0) is 11.3 Å². The Bertz CT molecular complexity index is 728. The second kappa shape index (κ2) is 5.81. The van der Waals surface area contributed by atoms with E-state index in [1.165, 1.54) is 0 Å². The summed E-state index contributed by atoms with van der Waals surface area (Å²) in [5, 5.41) is 0.331. The molecule has 1 aliphatic heterocycles. The molecular weight excluding hydrogens is 318 g/mol. The van der Waals surface area contributed by atoms with Crippen LogP contribution in [0.5, 0.6) is 11.5 Å². The van der Waals surface area contributed by atoms with Gasteiger partial charge in [0.1, 0.15) is 18.2 Å². The van der Waals surface area contributed by atoms with Crippen LogP contribution < -0.4 is 9.47 Å². The summed E-state index contributed by atoms with van der Waals surface area (Å²) in [4.78, 5) is 11.8. The van der Waals surface area contributed by atoms with E-state index in [0.29, 0.717) is 28.2 Å². The third-order valence-electron chi connectivity index (χ3n) is 2.96. The normalized spacial score (nSPS) is 12.3. The standard InChI is InChI=1S/C15H9ClF2O4/c16-12-1-8(2-13-14(12)22-7-21-13)6-20-15(19)9-3-10(17)5-11(18)4-9/h1-5H,6-7H2. The highest BCUT2D eigenvalue weighted by molar-refractivity contribution is 6.32. The highest BCUT2D eigenvalue weighted by atomic mass is 35.5. The summed E-state index contributed by atoms with van der Waals surface area (Å²) < 4.78 is 41.5. The number of hydrogen-bond acceptors (Lipinski definition) is 4. The maximum atomic E-state index is 13.1. The van der Waals surface area contributed by atoms with Gasteiger partial charge in [0, 0.05) is 6.07 Å². The minimum absolute atomic E-state index is 0.0703. The number of ether oxygens (including phenoxy) is 3. The first-order valence-electron chi connectivity index (χ1n) is 6.24. The van der Waals surface area contributed by atoms with E-state index in [9.17, 15) is 13.6 Å². The Labute approximate surface area is 129 Å². The van der Waals surface area contributed by atoms with Crippen LogP contribution in [0.3, 0.4) is 0 Å². The van der Waals surface area contributed by atoms with Crippen molar-refractivity contribution >= 4 is 17.6 Å². The molecule has 4 nitrogen and oxygen atoms in total. The number of esters is 1. The zero-order chi connectivity index (χ0) is 15.7. The minimum Gasteiger partial charge on any atom is -0.457 e. The predicted octanol–water partition coefficient (Wildman–Crippen LogP) is 3.70. The van der Waals surface area contributed by atoms with Crippen molar-refractivity contribution < 1.29 is 27.8 Å². The highest BCUT2D eigenvalue weighted by Crippen LogP contribution is 2.39.